The van der Waals surface area contributed by atoms with Gasteiger partial charge in [0.2, 0.25) is 0 Å². The second-order valence-corrected chi connectivity index (χ2v) is 5.40. The first-order chi connectivity index (χ1) is 11.6. The first kappa shape index (κ1) is 16.0. The molecular formula is C19H16FNO3. The van der Waals surface area contributed by atoms with Gasteiger partial charge in [-0.25, -0.2) is 4.39 Å². The lowest BCUT2D eigenvalue weighted by Crippen LogP contribution is -2.12. The van der Waals surface area contributed by atoms with Gasteiger partial charge in [-0.05, 0) is 55.0 Å². The van der Waals surface area contributed by atoms with E-state index in [2.05, 4.69) is 5.32 Å². The van der Waals surface area contributed by atoms with Crippen LogP contribution in [0.3, 0.4) is 0 Å². The normalized spacial score (nSPS) is 10.6. The first-order valence-corrected chi connectivity index (χ1v) is 7.44. The number of hydrogen-bond donors (Lipinski definition) is 2. The number of halogens is 1. The van der Waals surface area contributed by atoms with Gasteiger partial charge in [-0.2, -0.15) is 0 Å². The van der Waals surface area contributed by atoms with E-state index in [-0.39, 0.29) is 18.3 Å². The van der Waals surface area contributed by atoms with Crippen LogP contribution in [0.1, 0.15) is 21.7 Å². The zero-order valence-electron chi connectivity index (χ0n) is 13.0. The molecular weight excluding hydrogens is 309 g/mol. The largest absolute Gasteiger partial charge is 0.461 e. The molecule has 0 radical (unpaired) electrons. The molecule has 0 atom stereocenters. The van der Waals surface area contributed by atoms with E-state index in [0.29, 0.717) is 33.9 Å². The van der Waals surface area contributed by atoms with Crippen LogP contribution < -0.4 is 5.32 Å². The van der Waals surface area contributed by atoms with Crippen molar-refractivity contribution in [3.05, 3.63) is 77.3 Å². The Kier molecular flexibility index (Phi) is 4.44. The second kappa shape index (κ2) is 6.68. The van der Waals surface area contributed by atoms with Crippen molar-refractivity contribution in [2.45, 2.75) is 13.5 Å². The van der Waals surface area contributed by atoms with Gasteiger partial charge >= 0.3 is 0 Å². The fraction of sp³-hybridized carbons (Fsp3) is 0.105. The van der Waals surface area contributed by atoms with Crippen LogP contribution in [0.25, 0.3) is 11.3 Å². The molecule has 122 valence electrons. The molecule has 0 bridgehead atoms. The van der Waals surface area contributed by atoms with Gasteiger partial charge in [-0.1, -0.05) is 12.1 Å². The summed E-state index contributed by atoms with van der Waals surface area (Å²) in [4.78, 5) is 12.4. The number of amides is 1. The highest BCUT2D eigenvalue weighted by Gasteiger charge is 2.16. The lowest BCUT2D eigenvalue weighted by molar-refractivity contribution is 0.102. The molecule has 0 aliphatic carbocycles. The third-order valence-corrected chi connectivity index (χ3v) is 3.66. The predicted molar refractivity (Wildman–Crippen MR) is 89.2 cm³/mol. The lowest BCUT2D eigenvalue weighted by atomic mass is 10.1. The lowest BCUT2D eigenvalue weighted by Gasteiger charge is -2.05. The number of benzene rings is 2. The quantitative estimate of drug-likeness (QED) is 0.758. The highest BCUT2D eigenvalue weighted by Crippen LogP contribution is 2.26. The molecule has 4 nitrogen and oxygen atoms in total. The van der Waals surface area contributed by atoms with Gasteiger partial charge in [0.1, 0.15) is 17.3 Å². The van der Waals surface area contributed by atoms with Crippen molar-refractivity contribution in [1.29, 1.82) is 0 Å². The van der Waals surface area contributed by atoms with Gasteiger partial charge in [0.05, 0.1) is 12.2 Å². The van der Waals surface area contributed by atoms with Gasteiger partial charge < -0.3 is 14.8 Å². The number of aryl methyl sites for hydroxylation is 1. The predicted octanol–water partition coefficient (Wildman–Crippen LogP) is 4.14. The van der Waals surface area contributed by atoms with E-state index in [1.165, 1.54) is 12.1 Å². The molecule has 0 saturated carbocycles. The number of aliphatic hydroxyl groups is 1. The maximum absolute atomic E-state index is 13.0. The third kappa shape index (κ3) is 3.36. The number of rotatable bonds is 4. The standard InChI is InChI=1S/C19H16FNO3/c1-12-17(10-18(24-12)14-5-7-15(20)8-6-14)19(23)21-16-4-2-3-13(9-16)11-22/h2-10,22H,11H2,1H3,(H,21,23). The SMILES string of the molecule is Cc1oc(-c2ccc(F)cc2)cc1C(=O)Nc1cccc(CO)c1. The van der Waals surface area contributed by atoms with Crippen molar-refractivity contribution < 1.29 is 18.7 Å². The van der Waals surface area contributed by atoms with Crippen LogP contribution in [0.15, 0.2) is 59.0 Å². The molecule has 24 heavy (non-hydrogen) atoms. The number of furan rings is 1. The zero-order chi connectivity index (χ0) is 17.1. The number of nitrogens with one attached hydrogen (secondary N) is 1. The fourth-order valence-corrected chi connectivity index (χ4v) is 2.41. The smallest absolute Gasteiger partial charge is 0.259 e. The van der Waals surface area contributed by atoms with Gasteiger partial charge in [0, 0.05) is 11.3 Å². The van der Waals surface area contributed by atoms with Gasteiger partial charge in [0.25, 0.3) is 5.91 Å². The molecule has 3 rings (SSSR count). The molecule has 1 heterocycles. The van der Waals surface area contributed by atoms with Crippen LogP contribution in [0, 0.1) is 12.7 Å². The summed E-state index contributed by atoms with van der Waals surface area (Å²) < 4.78 is 18.6. The van der Waals surface area contributed by atoms with Crippen LogP contribution in [0.2, 0.25) is 0 Å². The monoisotopic (exact) mass is 325 g/mol. The van der Waals surface area contributed by atoms with Crippen LogP contribution in [0.5, 0.6) is 0 Å². The third-order valence-electron chi connectivity index (χ3n) is 3.66. The highest BCUT2D eigenvalue weighted by molar-refractivity contribution is 6.05. The molecule has 0 fully saturated rings. The number of anilines is 1. The number of hydrogen-bond acceptors (Lipinski definition) is 3. The Morgan fingerprint density at radius 3 is 2.62 bits per heavy atom. The summed E-state index contributed by atoms with van der Waals surface area (Å²) in [6.45, 7) is 1.61. The Hall–Kier alpha value is -2.92. The molecule has 0 aliphatic rings. The Labute approximate surface area is 138 Å². The van der Waals surface area contributed by atoms with Crippen molar-refractivity contribution >= 4 is 11.6 Å². The second-order valence-electron chi connectivity index (χ2n) is 5.40. The molecule has 5 heteroatoms. The zero-order valence-corrected chi connectivity index (χ0v) is 13.0. The molecule has 2 N–H and O–H groups in total. The minimum Gasteiger partial charge on any atom is -0.461 e. The summed E-state index contributed by atoms with van der Waals surface area (Å²) in [7, 11) is 0. The van der Waals surface area contributed by atoms with Crippen LogP contribution >= 0.6 is 0 Å². The van der Waals surface area contributed by atoms with Crippen molar-refractivity contribution in [3.8, 4) is 11.3 Å². The van der Waals surface area contributed by atoms with Crippen LogP contribution in [-0.4, -0.2) is 11.0 Å². The molecule has 0 spiro atoms. The molecule has 0 saturated heterocycles. The summed E-state index contributed by atoms with van der Waals surface area (Å²) in [5.74, 6) is 0.343. The fourth-order valence-electron chi connectivity index (χ4n) is 2.41. The molecule has 1 aromatic heterocycles. The average Bonchev–Trinajstić information content (AvgIpc) is 2.97. The van der Waals surface area contributed by atoms with E-state index in [0.717, 1.165) is 0 Å². The van der Waals surface area contributed by atoms with E-state index < -0.39 is 0 Å². The number of carbonyl (C=O) groups excluding carboxylic acids is 1. The van der Waals surface area contributed by atoms with Crippen LogP contribution in [-0.2, 0) is 6.61 Å². The van der Waals surface area contributed by atoms with E-state index in [4.69, 9.17) is 9.52 Å². The average molecular weight is 325 g/mol. The topological polar surface area (TPSA) is 62.5 Å². The van der Waals surface area contributed by atoms with Gasteiger partial charge in [-0.15, -0.1) is 0 Å². The Morgan fingerprint density at radius 2 is 1.92 bits per heavy atom. The van der Waals surface area contributed by atoms with Crippen molar-refractivity contribution in [3.63, 3.8) is 0 Å². The van der Waals surface area contributed by atoms with E-state index in [1.807, 2.05) is 0 Å². The summed E-state index contributed by atoms with van der Waals surface area (Å²) in [6, 6.07) is 14.5. The highest BCUT2D eigenvalue weighted by atomic mass is 19.1. The first-order valence-electron chi connectivity index (χ1n) is 7.44. The molecule has 1 amide bonds. The molecule has 0 unspecified atom stereocenters. The Bertz CT molecular complexity index is 869. The summed E-state index contributed by atoms with van der Waals surface area (Å²) in [6.07, 6.45) is 0. The van der Waals surface area contributed by atoms with Gasteiger partial charge in [0.15, 0.2) is 0 Å². The minimum absolute atomic E-state index is 0.0941. The van der Waals surface area contributed by atoms with E-state index in [1.54, 1.807) is 49.4 Å². The maximum Gasteiger partial charge on any atom is 0.259 e. The maximum atomic E-state index is 13.0. The van der Waals surface area contributed by atoms with Crippen molar-refractivity contribution in [1.82, 2.24) is 0 Å². The Morgan fingerprint density at radius 1 is 1.17 bits per heavy atom. The van der Waals surface area contributed by atoms with Crippen LogP contribution in [0.4, 0.5) is 10.1 Å². The summed E-state index contributed by atoms with van der Waals surface area (Å²) >= 11 is 0. The van der Waals surface area contributed by atoms with Crippen molar-refractivity contribution in [2.75, 3.05) is 5.32 Å². The molecule has 2 aromatic carbocycles. The van der Waals surface area contributed by atoms with Gasteiger partial charge in [-0.3, -0.25) is 4.79 Å². The Balaban J connectivity index is 1.83. The van der Waals surface area contributed by atoms with E-state index in [9.17, 15) is 9.18 Å². The summed E-state index contributed by atoms with van der Waals surface area (Å²) in [5.41, 5.74) is 2.41. The minimum atomic E-state index is -0.330. The number of aliphatic hydroxyl groups excluding tert-OH is 1. The van der Waals surface area contributed by atoms with E-state index >= 15 is 0 Å². The number of carbonyl (C=O) groups is 1. The molecule has 0 aliphatic heterocycles. The molecule has 3 aromatic rings. The van der Waals surface area contributed by atoms with Crippen molar-refractivity contribution in [2.24, 2.45) is 0 Å². The summed E-state index contributed by atoms with van der Waals surface area (Å²) in [5, 5.41) is 11.9.